The van der Waals surface area contributed by atoms with Crippen molar-refractivity contribution in [3.05, 3.63) is 36.0 Å². The molecule has 1 aromatic heterocycles. The predicted octanol–water partition coefficient (Wildman–Crippen LogP) is 0.647. The van der Waals surface area contributed by atoms with Gasteiger partial charge in [0.25, 0.3) is 0 Å². The Balaban J connectivity index is 1.81. The molecule has 0 spiro atoms. The maximum absolute atomic E-state index is 12.8. The number of aromatic nitrogens is 1. The summed E-state index contributed by atoms with van der Waals surface area (Å²) >= 11 is 0. The van der Waals surface area contributed by atoms with E-state index in [4.69, 9.17) is 0 Å². The second kappa shape index (κ2) is 6.83. The third-order valence-electron chi connectivity index (χ3n) is 4.20. The molecule has 1 unspecified atom stereocenters. The van der Waals surface area contributed by atoms with E-state index in [1.165, 1.54) is 6.92 Å². The smallest absolute Gasteiger partial charge is 0.245 e. The van der Waals surface area contributed by atoms with Crippen molar-refractivity contribution in [1.82, 2.24) is 20.5 Å². The van der Waals surface area contributed by atoms with Gasteiger partial charge >= 0.3 is 0 Å². The van der Waals surface area contributed by atoms with Crippen LogP contribution in [0.25, 0.3) is 10.9 Å². The topological polar surface area (TPSA) is 77.2 Å². The number of nitrogens with one attached hydrogen (secondary N) is 3. The Kier molecular flexibility index (Phi) is 4.62. The number of nitrogens with zero attached hydrogens (tertiary/aromatic N) is 1. The highest BCUT2D eigenvalue weighted by molar-refractivity contribution is 5.89. The lowest BCUT2D eigenvalue weighted by Gasteiger charge is -2.31. The minimum Gasteiger partial charge on any atom is -0.361 e. The summed E-state index contributed by atoms with van der Waals surface area (Å²) in [6.45, 7) is 4.41. The molecule has 2 amide bonds. The Morgan fingerprint density at radius 1 is 1.26 bits per heavy atom. The van der Waals surface area contributed by atoms with Crippen LogP contribution in [-0.2, 0) is 16.0 Å². The molecule has 122 valence electrons. The molecule has 0 saturated carbocycles. The molecule has 1 aliphatic rings. The van der Waals surface area contributed by atoms with Crippen LogP contribution in [0, 0.1) is 0 Å². The fraction of sp³-hybridized carbons (Fsp3) is 0.412. The number of piperazine rings is 1. The summed E-state index contributed by atoms with van der Waals surface area (Å²) in [5, 5.41) is 7.14. The van der Waals surface area contributed by atoms with Crippen LogP contribution in [0.4, 0.5) is 0 Å². The van der Waals surface area contributed by atoms with Gasteiger partial charge in [-0.1, -0.05) is 18.2 Å². The molecule has 1 saturated heterocycles. The van der Waals surface area contributed by atoms with Gasteiger partial charge in [-0.2, -0.15) is 0 Å². The minimum absolute atomic E-state index is 0.00742. The molecule has 23 heavy (non-hydrogen) atoms. The molecule has 0 radical (unpaired) electrons. The Labute approximate surface area is 135 Å². The molecule has 6 nitrogen and oxygen atoms in total. The predicted molar refractivity (Wildman–Crippen MR) is 89.1 cm³/mol. The highest BCUT2D eigenvalue weighted by atomic mass is 16.2. The normalized spacial score (nSPS) is 16.3. The SMILES string of the molecule is CC(=O)NC(Cc1c[nH]c2ccccc12)C(=O)N1CCNCC1. The first kappa shape index (κ1) is 15.6. The van der Waals surface area contributed by atoms with Crippen molar-refractivity contribution >= 4 is 22.7 Å². The van der Waals surface area contributed by atoms with Crippen LogP contribution in [-0.4, -0.2) is 53.9 Å². The maximum atomic E-state index is 12.8. The van der Waals surface area contributed by atoms with Gasteiger partial charge in [0, 0.05) is 56.6 Å². The molecular weight excluding hydrogens is 292 g/mol. The van der Waals surface area contributed by atoms with Crippen LogP contribution in [0.1, 0.15) is 12.5 Å². The van der Waals surface area contributed by atoms with E-state index >= 15 is 0 Å². The zero-order valence-corrected chi connectivity index (χ0v) is 13.3. The van der Waals surface area contributed by atoms with E-state index in [9.17, 15) is 9.59 Å². The molecule has 1 fully saturated rings. The van der Waals surface area contributed by atoms with Crippen LogP contribution in [0.15, 0.2) is 30.5 Å². The van der Waals surface area contributed by atoms with Crippen LogP contribution < -0.4 is 10.6 Å². The maximum Gasteiger partial charge on any atom is 0.245 e. The number of hydrogen-bond donors (Lipinski definition) is 3. The summed E-state index contributed by atoms with van der Waals surface area (Å²) in [4.78, 5) is 29.3. The quantitative estimate of drug-likeness (QED) is 0.775. The lowest BCUT2D eigenvalue weighted by Crippen LogP contribution is -2.54. The van der Waals surface area contributed by atoms with Crippen LogP contribution in [0.2, 0.25) is 0 Å². The Bertz CT molecular complexity index is 703. The summed E-state index contributed by atoms with van der Waals surface area (Å²) in [5.74, 6) is -0.190. The zero-order valence-electron chi connectivity index (χ0n) is 13.3. The van der Waals surface area contributed by atoms with Crippen molar-refractivity contribution in [2.45, 2.75) is 19.4 Å². The number of carbonyl (C=O) groups excluding carboxylic acids is 2. The first-order valence-corrected chi connectivity index (χ1v) is 7.97. The van der Waals surface area contributed by atoms with Crippen molar-refractivity contribution < 1.29 is 9.59 Å². The zero-order chi connectivity index (χ0) is 16.2. The number of H-pyrrole nitrogens is 1. The van der Waals surface area contributed by atoms with E-state index < -0.39 is 6.04 Å². The van der Waals surface area contributed by atoms with E-state index in [0.29, 0.717) is 19.5 Å². The molecule has 0 aliphatic carbocycles. The molecule has 3 rings (SSSR count). The number of fused-ring (bicyclic) bond motifs is 1. The van der Waals surface area contributed by atoms with Crippen LogP contribution in [0.5, 0.6) is 0 Å². The van der Waals surface area contributed by atoms with Crippen LogP contribution >= 0.6 is 0 Å². The number of benzene rings is 1. The van der Waals surface area contributed by atoms with E-state index in [1.807, 2.05) is 35.4 Å². The van der Waals surface area contributed by atoms with Crippen LogP contribution in [0.3, 0.4) is 0 Å². The van der Waals surface area contributed by atoms with Gasteiger partial charge in [0.15, 0.2) is 0 Å². The summed E-state index contributed by atoms with van der Waals surface area (Å²) in [6, 6.07) is 7.46. The number of aromatic amines is 1. The van der Waals surface area contributed by atoms with Crippen molar-refractivity contribution in [3.8, 4) is 0 Å². The fourth-order valence-corrected chi connectivity index (χ4v) is 3.07. The third-order valence-corrected chi connectivity index (χ3v) is 4.20. The Morgan fingerprint density at radius 2 is 2.00 bits per heavy atom. The van der Waals surface area contributed by atoms with Gasteiger partial charge < -0.3 is 20.5 Å². The molecule has 3 N–H and O–H groups in total. The van der Waals surface area contributed by atoms with Gasteiger partial charge in [0.2, 0.25) is 11.8 Å². The highest BCUT2D eigenvalue weighted by Gasteiger charge is 2.27. The first-order chi connectivity index (χ1) is 11.1. The Hall–Kier alpha value is -2.34. The van der Waals surface area contributed by atoms with Gasteiger partial charge in [0.1, 0.15) is 6.04 Å². The van der Waals surface area contributed by atoms with Crippen molar-refractivity contribution in [2.24, 2.45) is 0 Å². The van der Waals surface area contributed by atoms with E-state index in [-0.39, 0.29) is 11.8 Å². The molecule has 1 aromatic carbocycles. The molecule has 2 heterocycles. The summed E-state index contributed by atoms with van der Waals surface area (Å²) < 4.78 is 0. The largest absolute Gasteiger partial charge is 0.361 e. The second-order valence-electron chi connectivity index (χ2n) is 5.89. The van der Waals surface area contributed by atoms with E-state index in [1.54, 1.807) is 0 Å². The molecule has 2 aromatic rings. The standard InChI is InChI=1S/C17H22N4O2/c1-12(22)20-16(17(23)21-8-6-18-7-9-21)10-13-11-19-15-5-3-2-4-14(13)15/h2-5,11,16,18-19H,6-10H2,1H3,(H,20,22). The molecular formula is C17H22N4O2. The molecule has 1 aliphatic heterocycles. The van der Waals surface area contributed by atoms with Gasteiger partial charge in [0.05, 0.1) is 0 Å². The first-order valence-electron chi connectivity index (χ1n) is 7.97. The summed E-state index contributed by atoms with van der Waals surface area (Å²) in [6.07, 6.45) is 2.41. The number of para-hydroxylation sites is 1. The number of amides is 2. The van der Waals surface area contributed by atoms with Gasteiger partial charge in [-0.05, 0) is 11.6 Å². The highest BCUT2D eigenvalue weighted by Crippen LogP contribution is 2.19. The second-order valence-corrected chi connectivity index (χ2v) is 5.89. The fourth-order valence-electron chi connectivity index (χ4n) is 3.07. The minimum atomic E-state index is -0.523. The third kappa shape index (κ3) is 3.53. The van der Waals surface area contributed by atoms with Gasteiger partial charge in [-0.3, -0.25) is 9.59 Å². The molecule has 6 heteroatoms. The van der Waals surface area contributed by atoms with Crippen molar-refractivity contribution in [1.29, 1.82) is 0 Å². The average molecular weight is 314 g/mol. The Morgan fingerprint density at radius 3 is 2.74 bits per heavy atom. The van der Waals surface area contributed by atoms with Crippen molar-refractivity contribution in [3.63, 3.8) is 0 Å². The molecule has 0 bridgehead atoms. The average Bonchev–Trinajstić information content (AvgIpc) is 2.97. The lowest BCUT2D eigenvalue weighted by molar-refractivity contribution is -0.136. The molecule has 1 atom stereocenters. The number of rotatable bonds is 4. The lowest BCUT2D eigenvalue weighted by atomic mass is 10.0. The van der Waals surface area contributed by atoms with E-state index in [0.717, 1.165) is 29.6 Å². The summed E-state index contributed by atoms with van der Waals surface area (Å²) in [7, 11) is 0. The van der Waals surface area contributed by atoms with E-state index in [2.05, 4.69) is 15.6 Å². The monoisotopic (exact) mass is 314 g/mol. The number of hydrogen-bond acceptors (Lipinski definition) is 3. The van der Waals surface area contributed by atoms with Crippen molar-refractivity contribution in [2.75, 3.05) is 26.2 Å². The van der Waals surface area contributed by atoms with Gasteiger partial charge in [-0.15, -0.1) is 0 Å². The summed E-state index contributed by atoms with van der Waals surface area (Å²) in [5.41, 5.74) is 2.08. The van der Waals surface area contributed by atoms with Gasteiger partial charge in [-0.25, -0.2) is 0 Å². The number of carbonyl (C=O) groups is 2.